The number of carbonyl (C=O) groups excluding carboxylic acids is 1. The van der Waals surface area contributed by atoms with Gasteiger partial charge in [0, 0.05) is 36.7 Å². The van der Waals surface area contributed by atoms with Gasteiger partial charge >= 0.3 is 0 Å². The van der Waals surface area contributed by atoms with Crippen molar-refractivity contribution in [1.82, 2.24) is 8.87 Å². The van der Waals surface area contributed by atoms with Gasteiger partial charge in [0.1, 0.15) is 5.82 Å². The predicted molar refractivity (Wildman–Crippen MR) is 117 cm³/mol. The van der Waals surface area contributed by atoms with Gasteiger partial charge in [-0.05, 0) is 61.4 Å². The molecule has 0 radical (unpaired) electrons. The number of carbonyl (C=O) groups is 1. The van der Waals surface area contributed by atoms with Crippen LogP contribution in [-0.4, -0.2) is 36.3 Å². The average Bonchev–Trinajstić information content (AvgIpc) is 3.17. The molecule has 0 unspecified atom stereocenters. The maximum atomic E-state index is 14.3. The van der Waals surface area contributed by atoms with E-state index < -0.39 is 21.7 Å². The summed E-state index contributed by atoms with van der Waals surface area (Å²) in [7, 11) is -3.68. The second-order valence-electron chi connectivity index (χ2n) is 7.55. The summed E-state index contributed by atoms with van der Waals surface area (Å²) in [4.78, 5) is 12.9. The first-order valence-corrected chi connectivity index (χ1v) is 11.7. The van der Waals surface area contributed by atoms with E-state index in [1.54, 1.807) is 10.6 Å². The van der Waals surface area contributed by atoms with E-state index in [1.807, 2.05) is 24.5 Å². The van der Waals surface area contributed by atoms with Gasteiger partial charge in [-0.2, -0.15) is 4.31 Å². The molecule has 0 atom stereocenters. The average molecular weight is 442 g/mol. The van der Waals surface area contributed by atoms with E-state index >= 15 is 0 Å². The normalized spacial score (nSPS) is 15.4. The van der Waals surface area contributed by atoms with Crippen LogP contribution in [0.4, 0.5) is 10.1 Å². The van der Waals surface area contributed by atoms with Crippen molar-refractivity contribution in [2.75, 3.05) is 18.4 Å². The molecule has 31 heavy (non-hydrogen) atoms. The van der Waals surface area contributed by atoms with Crippen LogP contribution in [0.5, 0.6) is 0 Å². The third-order valence-corrected chi connectivity index (χ3v) is 7.29. The molecule has 0 spiro atoms. The van der Waals surface area contributed by atoms with Gasteiger partial charge in [-0.1, -0.05) is 18.9 Å². The molecule has 0 saturated carbocycles. The van der Waals surface area contributed by atoms with Crippen molar-refractivity contribution < 1.29 is 17.6 Å². The molecular weight excluding hydrogens is 417 g/mol. The van der Waals surface area contributed by atoms with E-state index in [4.69, 9.17) is 0 Å². The summed E-state index contributed by atoms with van der Waals surface area (Å²) in [6, 6.07) is 14.0. The molecule has 6 nitrogen and oxygen atoms in total. The van der Waals surface area contributed by atoms with E-state index in [0.29, 0.717) is 18.8 Å². The van der Waals surface area contributed by atoms with Crippen LogP contribution in [0.2, 0.25) is 0 Å². The third kappa shape index (κ3) is 4.70. The van der Waals surface area contributed by atoms with Crippen molar-refractivity contribution in [3.05, 3.63) is 78.4 Å². The number of benzene rings is 2. The molecule has 1 saturated heterocycles. The minimum Gasteiger partial charge on any atom is -0.324 e. The number of halogens is 1. The lowest BCUT2D eigenvalue weighted by Crippen LogP contribution is -2.32. The summed E-state index contributed by atoms with van der Waals surface area (Å²) in [5.74, 6) is -1.14. The first kappa shape index (κ1) is 21.3. The standard InChI is InChI=1S/C23H24FN3O3S/c24-21-11-10-19(26-12-5-6-13-26)17-22(21)25-23(28)18-8-7-9-20(16-18)31(29,30)27-14-3-1-2-4-15-27/h5-13,16-17H,1-4,14-15H2,(H,25,28). The minimum atomic E-state index is -3.68. The molecule has 8 heteroatoms. The molecule has 3 aromatic rings. The Bertz CT molecular complexity index is 1170. The SMILES string of the molecule is O=C(Nc1cc(-n2cccc2)ccc1F)c1cccc(S(=O)(=O)N2CCCCCC2)c1. The van der Waals surface area contributed by atoms with Crippen molar-refractivity contribution >= 4 is 21.6 Å². The van der Waals surface area contributed by atoms with Crippen LogP contribution >= 0.6 is 0 Å². The molecule has 2 aromatic carbocycles. The summed E-state index contributed by atoms with van der Waals surface area (Å²) >= 11 is 0. The molecule has 162 valence electrons. The number of sulfonamides is 1. The first-order valence-electron chi connectivity index (χ1n) is 10.3. The van der Waals surface area contributed by atoms with Crippen LogP contribution in [0.25, 0.3) is 5.69 Å². The largest absolute Gasteiger partial charge is 0.324 e. The van der Waals surface area contributed by atoms with Crippen molar-refractivity contribution in [3.63, 3.8) is 0 Å². The first-order chi connectivity index (χ1) is 14.9. The van der Waals surface area contributed by atoms with Gasteiger partial charge in [0.2, 0.25) is 10.0 Å². The Morgan fingerprint density at radius 2 is 1.61 bits per heavy atom. The Morgan fingerprint density at radius 1 is 0.903 bits per heavy atom. The summed E-state index contributed by atoms with van der Waals surface area (Å²) in [6.45, 7) is 0.965. The highest BCUT2D eigenvalue weighted by atomic mass is 32.2. The van der Waals surface area contributed by atoms with Crippen LogP contribution < -0.4 is 5.32 Å². The number of hydrogen-bond donors (Lipinski definition) is 1. The molecule has 2 heterocycles. The Kier molecular flexibility index (Phi) is 6.20. The molecule has 1 N–H and O–H groups in total. The molecule has 0 bridgehead atoms. The van der Waals surface area contributed by atoms with Gasteiger partial charge in [0.05, 0.1) is 10.6 Å². The second kappa shape index (κ2) is 9.03. The third-order valence-electron chi connectivity index (χ3n) is 5.40. The number of nitrogens with one attached hydrogen (secondary N) is 1. The quantitative estimate of drug-likeness (QED) is 0.637. The summed E-state index contributed by atoms with van der Waals surface area (Å²) in [6.07, 6.45) is 7.32. The molecule has 1 aliphatic heterocycles. The second-order valence-corrected chi connectivity index (χ2v) is 9.49. The maximum Gasteiger partial charge on any atom is 0.255 e. The number of anilines is 1. The van der Waals surface area contributed by atoms with Gasteiger partial charge in [-0.3, -0.25) is 4.79 Å². The van der Waals surface area contributed by atoms with Crippen LogP contribution in [0.3, 0.4) is 0 Å². The zero-order valence-corrected chi connectivity index (χ0v) is 17.8. The van der Waals surface area contributed by atoms with E-state index in [9.17, 15) is 17.6 Å². The van der Waals surface area contributed by atoms with Crippen molar-refractivity contribution in [1.29, 1.82) is 0 Å². The Hall–Kier alpha value is -2.97. The van der Waals surface area contributed by atoms with Gasteiger partial charge in [-0.25, -0.2) is 12.8 Å². The molecule has 1 aliphatic rings. The molecular formula is C23H24FN3O3S. The number of aromatic nitrogens is 1. The fourth-order valence-electron chi connectivity index (χ4n) is 3.70. The van der Waals surface area contributed by atoms with Crippen molar-refractivity contribution in [2.45, 2.75) is 30.6 Å². The minimum absolute atomic E-state index is 0.0250. The lowest BCUT2D eigenvalue weighted by molar-refractivity contribution is 0.102. The van der Waals surface area contributed by atoms with Crippen molar-refractivity contribution in [3.8, 4) is 5.69 Å². The highest BCUT2D eigenvalue weighted by Crippen LogP contribution is 2.23. The summed E-state index contributed by atoms with van der Waals surface area (Å²) in [5.41, 5.74) is 0.873. The zero-order valence-electron chi connectivity index (χ0n) is 17.0. The number of amides is 1. The van der Waals surface area contributed by atoms with Crippen LogP contribution in [0.1, 0.15) is 36.0 Å². The van der Waals surface area contributed by atoms with Crippen molar-refractivity contribution in [2.24, 2.45) is 0 Å². The topological polar surface area (TPSA) is 71.4 Å². The molecule has 1 aromatic heterocycles. The van der Waals surface area contributed by atoms with Gasteiger partial charge in [0.25, 0.3) is 5.91 Å². The van der Waals surface area contributed by atoms with Gasteiger partial charge in [-0.15, -0.1) is 0 Å². The van der Waals surface area contributed by atoms with E-state index in [0.717, 1.165) is 25.7 Å². The number of rotatable bonds is 5. The van der Waals surface area contributed by atoms with Crippen LogP contribution in [0, 0.1) is 5.82 Å². The Balaban J connectivity index is 1.57. The predicted octanol–water partition coefficient (Wildman–Crippen LogP) is 4.43. The fraction of sp³-hybridized carbons (Fsp3) is 0.261. The fourth-order valence-corrected chi connectivity index (χ4v) is 5.26. The summed E-state index contributed by atoms with van der Waals surface area (Å²) in [5, 5.41) is 2.56. The van der Waals surface area contributed by atoms with E-state index in [-0.39, 0.29) is 16.1 Å². The molecule has 0 aliphatic carbocycles. The highest BCUT2D eigenvalue weighted by molar-refractivity contribution is 7.89. The van der Waals surface area contributed by atoms with Gasteiger partial charge < -0.3 is 9.88 Å². The summed E-state index contributed by atoms with van der Waals surface area (Å²) < 4.78 is 43.7. The maximum absolute atomic E-state index is 14.3. The Labute approximate surface area is 181 Å². The van der Waals surface area contributed by atoms with E-state index in [2.05, 4.69) is 5.32 Å². The van der Waals surface area contributed by atoms with Gasteiger partial charge in [0.15, 0.2) is 0 Å². The van der Waals surface area contributed by atoms with E-state index in [1.165, 1.54) is 40.7 Å². The van der Waals surface area contributed by atoms with Crippen LogP contribution in [0.15, 0.2) is 71.9 Å². The lowest BCUT2D eigenvalue weighted by Gasteiger charge is -2.20. The Morgan fingerprint density at radius 3 is 2.32 bits per heavy atom. The molecule has 1 amide bonds. The lowest BCUT2D eigenvalue weighted by atomic mass is 10.2. The monoisotopic (exact) mass is 441 g/mol. The zero-order chi connectivity index (χ0) is 21.8. The molecule has 1 fully saturated rings. The highest BCUT2D eigenvalue weighted by Gasteiger charge is 2.26. The molecule has 4 rings (SSSR count). The smallest absolute Gasteiger partial charge is 0.255 e. The number of hydrogen-bond acceptors (Lipinski definition) is 3. The van der Waals surface area contributed by atoms with Crippen LogP contribution in [-0.2, 0) is 10.0 Å². The number of nitrogens with zero attached hydrogens (tertiary/aromatic N) is 2.